The van der Waals surface area contributed by atoms with Gasteiger partial charge in [-0.1, -0.05) is 35.0 Å². The van der Waals surface area contributed by atoms with Crippen LogP contribution in [-0.4, -0.2) is 53.9 Å². The van der Waals surface area contributed by atoms with Crippen LogP contribution in [0, 0.1) is 13.8 Å². The van der Waals surface area contributed by atoms with Gasteiger partial charge >= 0.3 is 0 Å². The van der Waals surface area contributed by atoms with Gasteiger partial charge in [0.15, 0.2) is 0 Å². The molecule has 0 saturated carbocycles. The molecule has 1 aliphatic heterocycles. The lowest BCUT2D eigenvalue weighted by atomic mass is 10.1. The molecule has 4 rings (SSSR count). The summed E-state index contributed by atoms with van der Waals surface area (Å²) in [6.45, 7) is 6.64. The smallest absolute Gasteiger partial charge is 0.252 e. The Balaban J connectivity index is 1.37. The molecule has 0 N–H and O–H groups in total. The highest BCUT2D eigenvalue weighted by Crippen LogP contribution is 2.25. The Morgan fingerprint density at radius 3 is 2.39 bits per heavy atom. The third kappa shape index (κ3) is 4.02. The number of benzene rings is 1. The summed E-state index contributed by atoms with van der Waals surface area (Å²) >= 11 is 1.32. The van der Waals surface area contributed by atoms with Crippen LogP contribution in [0.5, 0.6) is 0 Å². The second-order valence-electron chi connectivity index (χ2n) is 6.92. The maximum absolute atomic E-state index is 12.7. The molecule has 0 unspecified atom stereocenters. The van der Waals surface area contributed by atoms with E-state index in [4.69, 9.17) is 4.52 Å². The zero-order chi connectivity index (χ0) is 19.7. The Hall–Kier alpha value is -2.07. The van der Waals surface area contributed by atoms with Crippen molar-refractivity contribution < 1.29 is 12.9 Å². The summed E-state index contributed by atoms with van der Waals surface area (Å²) in [6.07, 6.45) is 0. The van der Waals surface area contributed by atoms with Crippen molar-refractivity contribution in [2.75, 3.05) is 26.2 Å². The first-order valence-corrected chi connectivity index (χ1v) is 11.4. The van der Waals surface area contributed by atoms with Crippen molar-refractivity contribution in [3.8, 4) is 11.4 Å². The van der Waals surface area contributed by atoms with Crippen LogP contribution in [0.4, 0.5) is 0 Å². The van der Waals surface area contributed by atoms with Crippen molar-refractivity contribution in [2.45, 2.75) is 24.6 Å². The van der Waals surface area contributed by atoms with Crippen LogP contribution in [0.2, 0.25) is 0 Å². The monoisotopic (exact) mass is 418 g/mol. The van der Waals surface area contributed by atoms with E-state index < -0.39 is 10.0 Å². The summed E-state index contributed by atoms with van der Waals surface area (Å²) in [6, 6.07) is 11.5. The molecule has 0 bridgehead atoms. The zero-order valence-electron chi connectivity index (χ0n) is 15.8. The Kier molecular flexibility index (Phi) is 5.33. The first kappa shape index (κ1) is 19.3. The summed E-state index contributed by atoms with van der Waals surface area (Å²) < 4.78 is 32.8. The molecule has 9 heteroatoms. The minimum absolute atomic E-state index is 0.415. The van der Waals surface area contributed by atoms with Gasteiger partial charge in [-0.05, 0) is 26.0 Å². The van der Waals surface area contributed by atoms with E-state index in [1.807, 2.05) is 44.2 Å². The summed E-state index contributed by atoms with van der Waals surface area (Å²) in [7, 11) is -3.40. The lowest BCUT2D eigenvalue weighted by molar-refractivity contribution is 0.163. The van der Waals surface area contributed by atoms with Crippen molar-refractivity contribution in [1.29, 1.82) is 0 Å². The van der Waals surface area contributed by atoms with E-state index in [0.29, 0.717) is 48.6 Å². The topological polar surface area (TPSA) is 79.5 Å². The second-order valence-corrected chi connectivity index (χ2v) is 10.4. The fourth-order valence-corrected chi connectivity index (χ4v) is 6.00. The average Bonchev–Trinajstić information content (AvgIpc) is 3.32. The van der Waals surface area contributed by atoms with Crippen LogP contribution < -0.4 is 0 Å². The molecule has 0 atom stereocenters. The second kappa shape index (κ2) is 7.75. The Morgan fingerprint density at radius 2 is 1.75 bits per heavy atom. The highest BCUT2D eigenvalue weighted by atomic mass is 32.2. The molecule has 28 heavy (non-hydrogen) atoms. The molecule has 0 spiro atoms. The van der Waals surface area contributed by atoms with Crippen LogP contribution in [-0.2, 0) is 16.6 Å². The van der Waals surface area contributed by atoms with E-state index in [9.17, 15) is 8.42 Å². The van der Waals surface area contributed by atoms with E-state index in [2.05, 4.69) is 15.0 Å². The molecular formula is C19H22N4O3S2. The number of rotatable bonds is 5. The molecule has 1 aromatic carbocycles. The van der Waals surface area contributed by atoms with Gasteiger partial charge in [-0.2, -0.15) is 9.29 Å². The van der Waals surface area contributed by atoms with Crippen molar-refractivity contribution in [3.05, 3.63) is 52.7 Å². The average molecular weight is 419 g/mol. The molecule has 0 radical (unpaired) electrons. The number of piperazine rings is 1. The molecule has 3 aromatic rings. The standard InChI is InChI=1S/C19H22N4O3S2/c1-14-3-6-16(7-4-14)19-20-17(26-21-19)13-22-9-11-23(12-10-22)28(24,25)18-8-5-15(2)27-18/h3-8H,9-13H2,1-2H3. The van der Waals surface area contributed by atoms with Gasteiger partial charge in [-0.3, -0.25) is 4.90 Å². The summed E-state index contributed by atoms with van der Waals surface area (Å²) in [4.78, 5) is 7.61. The fourth-order valence-electron chi connectivity index (χ4n) is 3.14. The lowest BCUT2D eigenvalue weighted by Gasteiger charge is -2.32. The first-order chi connectivity index (χ1) is 13.4. The van der Waals surface area contributed by atoms with E-state index in [1.54, 1.807) is 10.4 Å². The predicted octanol–water partition coefficient (Wildman–Crippen LogP) is 2.92. The number of hydrogen-bond acceptors (Lipinski definition) is 7. The molecule has 3 heterocycles. The largest absolute Gasteiger partial charge is 0.338 e. The zero-order valence-corrected chi connectivity index (χ0v) is 17.5. The predicted molar refractivity (Wildman–Crippen MR) is 108 cm³/mol. The number of hydrogen-bond donors (Lipinski definition) is 0. The summed E-state index contributed by atoms with van der Waals surface area (Å²) in [5.74, 6) is 1.12. The van der Waals surface area contributed by atoms with Crippen molar-refractivity contribution in [2.24, 2.45) is 0 Å². The SMILES string of the molecule is Cc1ccc(-c2noc(CN3CCN(S(=O)(=O)c4ccc(C)s4)CC3)n2)cc1. The Bertz CT molecular complexity index is 1050. The maximum Gasteiger partial charge on any atom is 0.252 e. The Morgan fingerprint density at radius 1 is 1.04 bits per heavy atom. The van der Waals surface area contributed by atoms with Crippen molar-refractivity contribution >= 4 is 21.4 Å². The number of aryl methyl sites for hydroxylation is 2. The molecule has 0 aliphatic carbocycles. The number of nitrogens with zero attached hydrogens (tertiary/aromatic N) is 4. The highest BCUT2D eigenvalue weighted by molar-refractivity contribution is 7.91. The van der Waals surface area contributed by atoms with E-state index in [0.717, 1.165) is 10.4 Å². The third-order valence-corrected chi connectivity index (χ3v) is 8.14. The van der Waals surface area contributed by atoms with Gasteiger partial charge in [0.05, 0.1) is 6.54 Å². The summed E-state index contributed by atoms with van der Waals surface area (Å²) in [5.41, 5.74) is 2.10. The number of aromatic nitrogens is 2. The van der Waals surface area contributed by atoms with Gasteiger partial charge in [-0.15, -0.1) is 11.3 Å². The molecule has 0 amide bonds. The molecule has 7 nitrogen and oxygen atoms in total. The third-order valence-electron chi connectivity index (χ3n) is 4.78. The van der Waals surface area contributed by atoms with Crippen LogP contribution in [0.1, 0.15) is 16.3 Å². The minimum atomic E-state index is -3.40. The van der Waals surface area contributed by atoms with Gasteiger partial charge in [0, 0.05) is 36.6 Å². The van der Waals surface area contributed by atoms with Crippen LogP contribution in [0.15, 0.2) is 45.1 Å². The van der Waals surface area contributed by atoms with Crippen molar-refractivity contribution in [1.82, 2.24) is 19.3 Å². The molecule has 148 valence electrons. The number of thiophene rings is 1. The molecule has 2 aromatic heterocycles. The molecule has 1 fully saturated rings. The normalized spacial score (nSPS) is 16.5. The minimum Gasteiger partial charge on any atom is -0.338 e. The number of sulfonamides is 1. The molecule has 1 aliphatic rings. The van der Waals surface area contributed by atoms with Gasteiger partial charge in [-0.25, -0.2) is 8.42 Å². The van der Waals surface area contributed by atoms with E-state index in [1.165, 1.54) is 16.9 Å². The molecule has 1 saturated heterocycles. The van der Waals surface area contributed by atoms with Crippen LogP contribution >= 0.6 is 11.3 Å². The van der Waals surface area contributed by atoms with E-state index in [-0.39, 0.29) is 0 Å². The van der Waals surface area contributed by atoms with Gasteiger partial charge in [0.1, 0.15) is 4.21 Å². The Labute approximate surface area is 168 Å². The van der Waals surface area contributed by atoms with E-state index >= 15 is 0 Å². The maximum atomic E-state index is 12.7. The van der Waals surface area contributed by atoms with Gasteiger partial charge in [0.2, 0.25) is 11.7 Å². The van der Waals surface area contributed by atoms with Crippen LogP contribution in [0.25, 0.3) is 11.4 Å². The lowest BCUT2D eigenvalue weighted by Crippen LogP contribution is -2.48. The first-order valence-electron chi connectivity index (χ1n) is 9.10. The fraction of sp³-hybridized carbons (Fsp3) is 0.368. The van der Waals surface area contributed by atoms with Crippen molar-refractivity contribution in [3.63, 3.8) is 0 Å². The highest BCUT2D eigenvalue weighted by Gasteiger charge is 2.30. The van der Waals surface area contributed by atoms with Gasteiger partial charge < -0.3 is 4.52 Å². The quantitative estimate of drug-likeness (QED) is 0.634. The molecular weight excluding hydrogens is 396 g/mol. The summed E-state index contributed by atoms with van der Waals surface area (Å²) in [5, 5.41) is 4.06. The van der Waals surface area contributed by atoms with Gasteiger partial charge in [0.25, 0.3) is 10.0 Å². The van der Waals surface area contributed by atoms with Crippen LogP contribution in [0.3, 0.4) is 0 Å².